The van der Waals surface area contributed by atoms with E-state index in [9.17, 15) is 9.46 Å². The summed E-state index contributed by atoms with van der Waals surface area (Å²) < 4.78 is 13.4. The minimum Gasteiger partial charge on any atom is -0.589 e. The van der Waals surface area contributed by atoms with Crippen molar-refractivity contribution in [1.82, 2.24) is 9.59 Å². The first-order valence-electron chi connectivity index (χ1n) is 1.72. The van der Waals surface area contributed by atoms with Crippen molar-refractivity contribution >= 4 is 25.0 Å². The maximum Gasteiger partial charge on any atom is 0.372 e. The van der Waals surface area contributed by atoms with Gasteiger partial charge < -0.3 is 4.89 Å². The van der Waals surface area contributed by atoms with Gasteiger partial charge in [-0.05, 0) is 11.5 Å². The van der Waals surface area contributed by atoms with E-state index in [0.717, 1.165) is 11.5 Å². The van der Waals surface area contributed by atoms with Crippen molar-refractivity contribution in [3.05, 3.63) is 5.38 Å². The summed E-state index contributed by atoms with van der Waals surface area (Å²) >= 11 is 1.02. The van der Waals surface area contributed by atoms with Gasteiger partial charge >= 0.3 is 13.5 Å². The molecule has 0 saturated carbocycles. The van der Waals surface area contributed by atoms with Gasteiger partial charge in [0, 0.05) is 0 Å². The quantitative estimate of drug-likeness (QED) is 0.492. The van der Waals surface area contributed by atoms with Crippen molar-refractivity contribution in [2.75, 3.05) is 0 Å². The van der Waals surface area contributed by atoms with E-state index in [-0.39, 0.29) is 5.44 Å². The number of aromatic nitrogens is 2. The topological polar surface area (TPSA) is 65.9 Å². The monoisotopic (exact) mass is 148 g/mol. The van der Waals surface area contributed by atoms with Crippen LogP contribution in [0, 0.1) is 0 Å². The maximum absolute atomic E-state index is 10.0. The molecule has 0 saturated heterocycles. The van der Waals surface area contributed by atoms with Gasteiger partial charge in [0.1, 0.15) is 0 Å². The standard InChI is InChI=1S/C2HN2O2PS/c5-7(6)2-1-8-4-3-2/h1H. The fraction of sp³-hybridized carbons (Fsp3) is 0. The summed E-state index contributed by atoms with van der Waals surface area (Å²) in [4.78, 5) is 10.0. The zero-order chi connectivity index (χ0) is 5.98. The second kappa shape index (κ2) is 2.26. The highest BCUT2D eigenvalue weighted by atomic mass is 32.1. The van der Waals surface area contributed by atoms with E-state index in [1.54, 1.807) is 0 Å². The van der Waals surface area contributed by atoms with E-state index < -0.39 is 8.03 Å². The molecule has 1 aromatic rings. The lowest BCUT2D eigenvalue weighted by molar-refractivity contribution is -0.160. The third kappa shape index (κ3) is 1.06. The summed E-state index contributed by atoms with van der Waals surface area (Å²) in [6, 6.07) is 0. The van der Waals surface area contributed by atoms with Gasteiger partial charge in [-0.1, -0.05) is 14.2 Å². The Hall–Kier alpha value is -0.380. The predicted molar refractivity (Wildman–Crippen MR) is 27.1 cm³/mol. The molecule has 1 unspecified atom stereocenters. The summed E-state index contributed by atoms with van der Waals surface area (Å²) in [6.07, 6.45) is 0. The Morgan fingerprint density at radius 1 is 1.88 bits per heavy atom. The Labute approximate surface area is 50.2 Å². The number of hydrogen-bond donors (Lipinski definition) is 0. The van der Waals surface area contributed by atoms with Crippen LogP contribution in [0.25, 0.3) is 0 Å². The van der Waals surface area contributed by atoms with Crippen LogP contribution in [-0.4, -0.2) is 9.59 Å². The lowest BCUT2D eigenvalue weighted by Gasteiger charge is -1.72. The summed E-state index contributed by atoms with van der Waals surface area (Å²) in [5.74, 6) is 0. The van der Waals surface area contributed by atoms with Gasteiger partial charge in [-0.2, -0.15) is 0 Å². The predicted octanol–water partition coefficient (Wildman–Crippen LogP) is -0.734. The summed E-state index contributed by atoms with van der Waals surface area (Å²) in [6.45, 7) is 0. The van der Waals surface area contributed by atoms with Crippen molar-refractivity contribution in [2.24, 2.45) is 0 Å². The van der Waals surface area contributed by atoms with Crippen molar-refractivity contribution in [2.45, 2.75) is 0 Å². The molecule has 0 bridgehead atoms. The highest BCUT2D eigenvalue weighted by molar-refractivity contribution is 7.46. The molecule has 4 nitrogen and oxygen atoms in total. The van der Waals surface area contributed by atoms with Gasteiger partial charge in [-0.15, -0.1) is 0 Å². The Bertz CT molecular complexity index is 186. The highest BCUT2D eigenvalue weighted by Gasteiger charge is 2.08. The Balaban J connectivity index is 2.93. The van der Waals surface area contributed by atoms with Crippen LogP contribution >= 0.6 is 19.6 Å². The lowest BCUT2D eigenvalue weighted by Crippen LogP contribution is -2.04. The van der Waals surface area contributed by atoms with Crippen LogP contribution in [0.3, 0.4) is 0 Å². The molecule has 0 aromatic carbocycles. The van der Waals surface area contributed by atoms with Crippen molar-refractivity contribution in [1.29, 1.82) is 0 Å². The first-order valence-corrected chi connectivity index (χ1v) is 3.73. The van der Waals surface area contributed by atoms with Crippen LogP contribution in [-0.2, 0) is 4.57 Å². The molecule has 6 heteroatoms. The molecule has 8 heavy (non-hydrogen) atoms. The fourth-order valence-electron chi connectivity index (χ4n) is 0.239. The van der Waals surface area contributed by atoms with E-state index in [4.69, 9.17) is 0 Å². The molecule has 0 fully saturated rings. The van der Waals surface area contributed by atoms with Gasteiger partial charge in [0.25, 0.3) is 0 Å². The molecular weight excluding hydrogens is 147 g/mol. The van der Waals surface area contributed by atoms with E-state index in [1.807, 2.05) is 0 Å². The fourth-order valence-corrected chi connectivity index (χ4v) is 1.23. The second-order valence-electron chi connectivity index (χ2n) is 1.02. The minimum absolute atomic E-state index is 0.0463. The summed E-state index contributed by atoms with van der Waals surface area (Å²) in [7, 11) is -2.52. The second-order valence-corrected chi connectivity index (χ2v) is 2.60. The van der Waals surface area contributed by atoms with Crippen LogP contribution in [0.1, 0.15) is 0 Å². The maximum atomic E-state index is 10.0. The molecule has 1 aromatic heterocycles. The Morgan fingerprint density at radius 3 is 2.88 bits per heavy atom. The van der Waals surface area contributed by atoms with Crippen LogP contribution in [0.4, 0.5) is 0 Å². The molecule has 0 amide bonds. The van der Waals surface area contributed by atoms with Gasteiger partial charge in [0.15, 0.2) is 0 Å². The third-order valence-corrected chi connectivity index (χ3v) is 1.81. The van der Waals surface area contributed by atoms with Gasteiger partial charge in [-0.3, -0.25) is 0 Å². The van der Waals surface area contributed by atoms with Gasteiger partial charge in [-0.25, -0.2) is 0 Å². The zero-order valence-corrected chi connectivity index (χ0v) is 5.35. The molecule has 1 atom stereocenters. The Morgan fingerprint density at radius 2 is 2.62 bits per heavy atom. The van der Waals surface area contributed by atoms with E-state index in [0.29, 0.717) is 0 Å². The minimum atomic E-state index is -2.52. The first-order chi connectivity index (χ1) is 3.80. The number of nitrogens with zero attached hydrogens (tertiary/aromatic N) is 2. The average Bonchev–Trinajstić information content (AvgIpc) is 2.12. The number of rotatable bonds is 1. The molecule has 0 spiro atoms. The van der Waals surface area contributed by atoms with Crippen LogP contribution in [0.5, 0.6) is 0 Å². The van der Waals surface area contributed by atoms with Crippen molar-refractivity contribution in [3.8, 4) is 0 Å². The van der Waals surface area contributed by atoms with E-state index >= 15 is 0 Å². The van der Waals surface area contributed by atoms with Crippen LogP contribution < -0.4 is 10.3 Å². The highest BCUT2D eigenvalue weighted by Crippen LogP contribution is 2.03. The van der Waals surface area contributed by atoms with Crippen molar-refractivity contribution in [3.63, 3.8) is 0 Å². The molecular formula is C2HN2O2PS. The average molecular weight is 148 g/mol. The number of hydrogen-bond acceptors (Lipinski definition) is 5. The van der Waals surface area contributed by atoms with Gasteiger partial charge in [0.2, 0.25) is 0 Å². The third-order valence-electron chi connectivity index (χ3n) is 0.536. The molecule has 0 aliphatic rings. The van der Waals surface area contributed by atoms with Crippen LogP contribution in [0.15, 0.2) is 5.38 Å². The Kier molecular flexibility index (Phi) is 1.62. The molecule has 42 valence electrons. The zero-order valence-electron chi connectivity index (χ0n) is 3.64. The largest absolute Gasteiger partial charge is 0.589 e. The molecule has 1 heterocycles. The van der Waals surface area contributed by atoms with Crippen molar-refractivity contribution < 1.29 is 9.46 Å². The molecule has 0 aliphatic carbocycles. The smallest absolute Gasteiger partial charge is 0.372 e. The molecule has 1 rings (SSSR count). The summed E-state index contributed by atoms with van der Waals surface area (Å²) in [5, 5.41) is 4.67. The van der Waals surface area contributed by atoms with Gasteiger partial charge in [0.05, 0.1) is 5.38 Å². The van der Waals surface area contributed by atoms with Crippen LogP contribution in [0.2, 0.25) is 0 Å². The first kappa shape index (κ1) is 5.75. The van der Waals surface area contributed by atoms with E-state index in [2.05, 4.69) is 9.59 Å². The lowest BCUT2D eigenvalue weighted by atomic mass is 11.0. The SMILES string of the molecule is O=[P+]([O-])c1csnn1. The molecule has 0 N–H and O–H groups in total. The van der Waals surface area contributed by atoms with E-state index in [1.165, 1.54) is 5.38 Å². The summed E-state index contributed by atoms with van der Waals surface area (Å²) in [5.41, 5.74) is 0.0463. The normalized spacial score (nSPS) is 11.4. The molecule has 0 radical (unpaired) electrons. The molecule has 0 aliphatic heterocycles.